The molecule has 1 aliphatic carbocycles. The van der Waals surface area contributed by atoms with Crippen LogP contribution in [-0.2, 0) is 4.79 Å². The number of hydrogen-bond acceptors (Lipinski definition) is 6. The van der Waals surface area contributed by atoms with E-state index in [4.69, 9.17) is 0 Å². The Hall–Kier alpha value is -2.25. The smallest absolute Gasteiger partial charge is 0.329 e. The topological polar surface area (TPSA) is 105 Å². The number of carboxylic acid groups (broad SMARTS) is 1. The second-order valence-electron chi connectivity index (χ2n) is 5.61. The second kappa shape index (κ2) is 5.27. The Labute approximate surface area is 121 Å². The number of aliphatic carboxylic acids is 1. The fourth-order valence-electron chi connectivity index (χ4n) is 2.98. The number of nitrogens with one attached hydrogen (secondary N) is 1. The van der Waals surface area contributed by atoms with Crippen LogP contribution in [0.5, 0.6) is 0 Å². The van der Waals surface area contributed by atoms with Gasteiger partial charge in [-0.05, 0) is 42.0 Å². The molecule has 0 saturated heterocycles. The van der Waals surface area contributed by atoms with E-state index >= 15 is 0 Å². The maximum absolute atomic E-state index is 11.8. The number of carbonyl (C=O) groups is 1. The molecular weight excluding hydrogens is 272 g/mol. The van der Waals surface area contributed by atoms with Crippen molar-refractivity contribution in [3.05, 3.63) is 12.4 Å². The van der Waals surface area contributed by atoms with E-state index in [9.17, 15) is 9.90 Å². The molecule has 1 aliphatic rings. The van der Waals surface area contributed by atoms with Crippen LogP contribution < -0.4 is 5.32 Å². The summed E-state index contributed by atoms with van der Waals surface area (Å²) in [6.07, 6.45) is 7.20. The summed E-state index contributed by atoms with van der Waals surface area (Å²) < 4.78 is 1.48. The van der Waals surface area contributed by atoms with E-state index in [0.29, 0.717) is 30.2 Å². The maximum Gasteiger partial charge on any atom is 0.329 e. The molecule has 2 aromatic rings. The third-order valence-electron chi connectivity index (χ3n) is 4.42. The Morgan fingerprint density at radius 3 is 2.90 bits per heavy atom. The van der Waals surface area contributed by atoms with Gasteiger partial charge in [-0.1, -0.05) is 13.3 Å². The average Bonchev–Trinajstić information content (AvgIpc) is 2.97. The molecule has 8 nitrogen and oxygen atoms in total. The van der Waals surface area contributed by atoms with Gasteiger partial charge in [-0.15, -0.1) is 5.10 Å². The van der Waals surface area contributed by atoms with Gasteiger partial charge in [0.25, 0.3) is 0 Å². The first-order valence-electron chi connectivity index (χ1n) is 7.18. The van der Waals surface area contributed by atoms with Crippen molar-refractivity contribution in [2.75, 3.05) is 5.32 Å². The number of carboxylic acids is 1. The molecule has 0 radical (unpaired) electrons. The monoisotopic (exact) mass is 290 g/mol. The summed E-state index contributed by atoms with van der Waals surface area (Å²) in [5.74, 6) is 0.290. The van der Waals surface area contributed by atoms with Crippen LogP contribution in [0.25, 0.3) is 5.65 Å². The van der Waals surface area contributed by atoms with E-state index < -0.39 is 11.5 Å². The van der Waals surface area contributed by atoms with Gasteiger partial charge >= 0.3 is 5.97 Å². The summed E-state index contributed by atoms with van der Waals surface area (Å²) in [7, 11) is 0. The molecular formula is C13H18N6O2. The Morgan fingerprint density at radius 1 is 1.48 bits per heavy atom. The van der Waals surface area contributed by atoms with E-state index in [0.717, 1.165) is 19.3 Å². The van der Waals surface area contributed by atoms with Crippen molar-refractivity contribution in [2.24, 2.45) is 5.92 Å². The van der Waals surface area contributed by atoms with Gasteiger partial charge in [0.05, 0.1) is 12.4 Å². The third-order valence-corrected chi connectivity index (χ3v) is 4.42. The van der Waals surface area contributed by atoms with Gasteiger partial charge in [-0.2, -0.15) is 4.52 Å². The first kappa shape index (κ1) is 13.7. The van der Waals surface area contributed by atoms with Crippen LogP contribution >= 0.6 is 0 Å². The van der Waals surface area contributed by atoms with Crippen molar-refractivity contribution < 1.29 is 9.90 Å². The zero-order valence-corrected chi connectivity index (χ0v) is 11.9. The van der Waals surface area contributed by atoms with Crippen molar-refractivity contribution in [3.8, 4) is 0 Å². The van der Waals surface area contributed by atoms with Gasteiger partial charge in [0, 0.05) is 0 Å². The highest BCUT2D eigenvalue weighted by Crippen LogP contribution is 2.36. The molecule has 1 saturated carbocycles. The van der Waals surface area contributed by atoms with E-state index in [1.807, 2.05) is 0 Å². The highest BCUT2D eigenvalue weighted by molar-refractivity contribution is 5.82. The number of rotatable bonds is 4. The fraction of sp³-hybridized carbons (Fsp3) is 0.615. The van der Waals surface area contributed by atoms with Gasteiger partial charge < -0.3 is 10.4 Å². The Bertz CT molecular complexity index is 647. The summed E-state index contributed by atoms with van der Waals surface area (Å²) in [6.45, 7) is 2.15. The lowest BCUT2D eigenvalue weighted by molar-refractivity contribution is -0.143. The first-order valence-corrected chi connectivity index (χ1v) is 7.18. The lowest BCUT2D eigenvalue weighted by atomic mass is 9.75. The van der Waals surface area contributed by atoms with Crippen LogP contribution in [0.4, 0.5) is 5.82 Å². The van der Waals surface area contributed by atoms with Gasteiger partial charge in [-0.3, -0.25) is 4.98 Å². The molecule has 0 unspecified atom stereocenters. The number of nitrogens with zero attached hydrogens (tertiary/aromatic N) is 5. The molecule has 3 rings (SSSR count). The molecule has 0 aliphatic heterocycles. The number of fused-ring (bicyclic) bond motifs is 1. The Kier molecular flexibility index (Phi) is 3.44. The third kappa shape index (κ3) is 2.41. The minimum absolute atomic E-state index is 0.489. The van der Waals surface area contributed by atoms with Crippen molar-refractivity contribution in [1.82, 2.24) is 25.0 Å². The van der Waals surface area contributed by atoms with E-state index in [2.05, 4.69) is 32.7 Å². The Morgan fingerprint density at radius 2 is 2.24 bits per heavy atom. The number of hydrogen-bond donors (Lipinski definition) is 2. The number of tetrazole rings is 1. The quantitative estimate of drug-likeness (QED) is 0.875. The van der Waals surface area contributed by atoms with E-state index in [1.165, 1.54) is 10.7 Å². The van der Waals surface area contributed by atoms with Crippen LogP contribution in [0, 0.1) is 5.92 Å². The molecule has 1 fully saturated rings. The summed E-state index contributed by atoms with van der Waals surface area (Å²) in [5.41, 5.74) is -0.476. The maximum atomic E-state index is 11.8. The van der Waals surface area contributed by atoms with E-state index in [-0.39, 0.29) is 0 Å². The molecule has 112 valence electrons. The second-order valence-corrected chi connectivity index (χ2v) is 5.61. The molecule has 0 spiro atoms. The summed E-state index contributed by atoms with van der Waals surface area (Å²) in [4.78, 5) is 15.9. The van der Waals surface area contributed by atoms with Crippen molar-refractivity contribution in [1.29, 1.82) is 0 Å². The lowest BCUT2D eigenvalue weighted by Gasteiger charge is -2.37. The van der Waals surface area contributed by atoms with Gasteiger partial charge in [0.1, 0.15) is 5.54 Å². The van der Waals surface area contributed by atoms with E-state index in [1.54, 1.807) is 6.20 Å². The van der Waals surface area contributed by atoms with Crippen LogP contribution in [0.15, 0.2) is 12.4 Å². The van der Waals surface area contributed by atoms with Crippen LogP contribution in [0.3, 0.4) is 0 Å². The molecule has 2 heterocycles. The molecule has 0 bridgehead atoms. The fourth-order valence-corrected chi connectivity index (χ4v) is 2.98. The minimum atomic E-state index is -0.965. The average molecular weight is 290 g/mol. The normalized spacial score (nSPS) is 25.9. The Balaban J connectivity index is 1.89. The molecule has 0 aromatic carbocycles. The van der Waals surface area contributed by atoms with Gasteiger partial charge in [0.15, 0.2) is 11.5 Å². The molecule has 0 atom stereocenters. The summed E-state index contributed by atoms with van der Waals surface area (Å²) >= 11 is 0. The molecule has 2 aromatic heterocycles. The number of anilines is 1. The van der Waals surface area contributed by atoms with Crippen LogP contribution in [-0.4, -0.2) is 41.6 Å². The predicted molar refractivity (Wildman–Crippen MR) is 74.8 cm³/mol. The standard InChI is InChI=1S/C13H18N6O2/c1-2-9-3-5-13(6-4-9,12(20)21)15-10-7-14-8-11-16-17-18-19(10)11/h7-9,15H,2-6H2,1H3,(H,20,21). The highest BCUT2D eigenvalue weighted by Gasteiger charge is 2.42. The predicted octanol–water partition coefficient (Wildman–Crippen LogP) is 1.35. The van der Waals surface area contributed by atoms with Crippen molar-refractivity contribution in [3.63, 3.8) is 0 Å². The highest BCUT2D eigenvalue weighted by atomic mass is 16.4. The zero-order chi connectivity index (χ0) is 14.9. The number of aromatic nitrogens is 5. The molecule has 0 amide bonds. The SMILES string of the molecule is CCC1CCC(Nc2cncc3nnnn23)(C(=O)O)CC1. The van der Waals surface area contributed by atoms with Gasteiger partial charge in [0.2, 0.25) is 0 Å². The van der Waals surface area contributed by atoms with Crippen molar-refractivity contribution in [2.45, 2.75) is 44.6 Å². The molecule has 2 N–H and O–H groups in total. The van der Waals surface area contributed by atoms with Crippen LogP contribution in [0.1, 0.15) is 39.0 Å². The summed E-state index contributed by atoms with van der Waals surface area (Å²) in [5, 5.41) is 24.1. The summed E-state index contributed by atoms with van der Waals surface area (Å²) in [6, 6.07) is 0. The molecule has 21 heavy (non-hydrogen) atoms. The molecule has 8 heteroatoms. The van der Waals surface area contributed by atoms with Crippen molar-refractivity contribution >= 4 is 17.4 Å². The zero-order valence-electron chi connectivity index (χ0n) is 11.9. The van der Waals surface area contributed by atoms with Crippen LogP contribution in [0.2, 0.25) is 0 Å². The lowest BCUT2D eigenvalue weighted by Crippen LogP contribution is -2.49. The van der Waals surface area contributed by atoms with Gasteiger partial charge in [-0.25, -0.2) is 4.79 Å². The largest absolute Gasteiger partial charge is 0.480 e. The first-order chi connectivity index (χ1) is 10.1. The minimum Gasteiger partial charge on any atom is -0.480 e.